The number of ether oxygens (including phenoxy) is 25. The van der Waals surface area contributed by atoms with Crippen molar-refractivity contribution >= 4 is 11.8 Å². The normalized spacial score (nSPS) is 12.2. The molecule has 0 fully saturated rings. The Balaban J connectivity index is 0.833. The zero-order valence-corrected chi connectivity index (χ0v) is 66.2. The van der Waals surface area contributed by atoms with E-state index in [9.17, 15) is 19.8 Å². The van der Waals surface area contributed by atoms with E-state index >= 15 is 0 Å². The lowest BCUT2D eigenvalue weighted by Crippen LogP contribution is -2.37. The third kappa shape index (κ3) is 47.4. The smallest absolute Gasteiger partial charge is 0.347 e. The second-order valence-electron chi connectivity index (χ2n) is 24.3. The summed E-state index contributed by atoms with van der Waals surface area (Å²) >= 11 is 0. The van der Waals surface area contributed by atoms with Gasteiger partial charge in [-0.25, -0.2) is 19.7 Å². The van der Waals surface area contributed by atoms with Gasteiger partial charge in [-0.1, -0.05) is 20.8 Å². The highest BCUT2D eigenvalue weighted by Crippen LogP contribution is 2.37. The van der Waals surface area contributed by atoms with Crippen LogP contribution in [0, 0.1) is 5.41 Å². The number of phenols is 2. The molecule has 1 aromatic heterocycles. The Kier molecular flexibility index (Phi) is 58.1. The molecule has 33 heteroatoms. The summed E-state index contributed by atoms with van der Waals surface area (Å²) in [5, 5.41) is 31.2. The molecule has 2 atom stereocenters. The maximum Gasteiger partial charge on any atom is 0.347 e. The van der Waals surface area contributed by atoms with Crippen molar-refractivity contribution < 1.29 is 143 Å². The minimum absolute atomic E-state index is 0.0124. The van der Waals surface area contributed by atoms with Crippen LogP contribution in [0.5, 0.6) is 28.7 Å². The summed E-state index contributed by atoms with van der Waals surface area (Å²) in [6.45, 7) is 27.6. The number of aromatic hydroxyl groups is 2. The lowest BCUT2D eigenvalue weighted by Gasteiger charge is -2.28. The molecule has 0 aliphatic rings. The molecule has 2 unspecified atom stereocenters. The number of benzene rings is 3. The molecule has 111 heavy (non-hydrogen) atoms. The van der Waals surface area contributed by atoms with Gasteiger partial charge in [-0.15, -0.1) is 0 Å². The van der Waals surface area contributed by atoms with E-state index in [-0.39, 0.29) is 78.1 Å². The lowest BCUT2D eigenvalue weighted by atomic mass is 9.78. The highest BCUT2D eigenvalue weighted by molar-refractivity contribution is 5.88. The second-order valence-corrected chi connectivity index (χ2v) is 24.3. The van der Waals surface area contributed by atoms with Gasteiger partial charge in [-0.3, -0.25) is 4.79 Å². The van der Waals surface area contributed by atoms with Crippen LogP contribution in [0.1, 0.15) is 47.5 Å². The van der Waals surface area contributed by atoms with Gasteiger partial charge in [-0.2, -0.15) is 0 Å². The Hall–Kier alpha value is -6.07. The molecule has 0 radical (unpaired) electrons. The highest BCUT2D eigenvalue weighted by atomic mass is 16.6. The van der Waals surface area contributed by atoms with Gasteiger partial charge in [0.05, 0.1) is 302 Å². The maximum absolute atomic E-state index is 13.2. The fraction of sp³-hybridized carbons (Fsp3) is 0.705. The molecule has 0 aliphatic carbocycles. The first-order valence-corrected chi connectivity index (χ1v) is 38.3. The van der Waals surface area contributed by atoms with Crippen molar-refractivity contribution in [3.05, 3.63) is 60.7 Å². The fourth-order valence-electron chi connectivity index (χ4n) is 9.52. The zero-order chi connectivity index (χ0) is 79.6. The van der Waals surface area contributed by atoms with Crippen LogP contribution in [0.4, 0.5) is 0 Å². The van der Waals surface area contributed by atoms with Crippen LogP contribution < -0.4 is 14.2 Å². The van der Waals surface area contributed by atoms with Crippen LogP contribution in [-0.2, 0) is 114 Å². The number of Topliss-reactive ketones (excluding diaryl/α,β-unsaturated/α-hetero) is 1. The number of nitrogens with zero attached hydrogens (tertiary/aromatic N) is 3. The molecule has 4 rings (SSSR count). The number of rotatable bonds is 78. The van der Waals surface area contributed by atoms with Gasteiger partial charge in [0.1, 0.15) is 35.4 Å². The Labute approximate surface area is 654 Å². The van der Waals surface area contributed by atoms with Crippen molar-refractivity contribution in [1.29, 1.82) is 0 Å². The van der Waals surface area contributed by atoms with Gasteiger partial charge < -0.3 is 134 Å². The number of ketones is 1. The van der Waals surface area contributed by atoms with Crippen LogP contribution in [-0.4, -0.2) is 352 Å². The summed E-state index contributed by atoms with van der Waals surface area (Å²) in [6, 6.07) is 16.1. The molecule has 632 valence electrons. The molecular weight excluding hydrogens is 1460 g/mol. The number of aromatic nitrogens is 3. The molecular formula is C78H125N3O30. The molecule has 3 N–H and O–H groups in total. The number of hydrogen-bond acceptors (Lipinski definition) is 33. The number of hydrogen-bond donors (Lipinski definition) is 3. The number of aliphatic hydroxyl groups is 1. The number of methoxy groups -OCH3 is 1. The second kappa shape index (κ2) is 66.2. The van der Waals surface area contributed by atoms with E-state index in [0.717, 1.165) is 0 Å². The van der Waals surface area contributed by atoms with E-state index in [4.69, 9.17) is 124 Å². The Morgan fingerprint density at radius 1 is 0.333 bits per heavy atom. The quantitative estimate of drug-likeness (QED) is 0.0331. The van der Waals surface area contributed by atoms with Gasteiger partial charge in [0.2, 0.25) is 0 Å². The van der Waals surface area contributed by atoms with E-state index in [1.165, 1.54) is 19.1 Å². The first-order valence-electron chi connectivity index (χ1n) is 38.3. The Morgan fingerprint density at radius 3 is 0.811 bits per heavy atom. The van der Waals surface area contributed by atoms with Crippen molar-refractivity contribution in [3.8, 4) is 62.9 Å². The molecule has 3 aromatic carbocycles. The number of aliphatic hydroxyl groups excluding tert-OH is 1. The van der Waals surface area contributed by atoms with E-state index < -0.39 is 23.6 Å². The van der Waals surface area contributed by atoms with E-state index in [1.807, 2.05) is 20.8 Å². The van der Waals surface area contributed by atoms with E-state index in [2.05, 4.69) is 15.0 Å². The predicted octanol–water partition coefficient (Wildman–Crippen LogP) is 6.11. The molecule has 4 aromatic rings. The van der Waals surface area contributed by atoms with Gasteiger partial charge >= 0.3 is 5.97 Å². The van der Waals surface area contributed by atoms with Gasteiger partial charge in [0.25, 0.3) is 0 Å². The van der Waals surface area contributed by atoms with Crippen LogP contribution in [0.3, 0.4) is 0 Å². The first kappa shape index (κ1) is 97.3. The van der Waals surface area contributed by atoms with Gasteiger partial charge in [-0.05, 0) is 75.2 Å². The van der Waals surface area contributed by atoms with Crippen molar-refractivity contribution in [2.45, 2.75) is 59.7 Å². The predicted molar refractivity (Wildman–Crippen MR) is 405 cm³/mol. The van der Waals surface area contributed by atoms with E-state index in [1.54, 1.807) is 62.6 Å². The molecule has 0 aliphatic heterocycles. The van der Waals surface area contributed by atoms with Crippen LogP contribution >= 0.6 is 0 Å². The molecule has 0 saturated heterocycles. The molecule has 0 saturated carbocycles. The van der Waals surface area contributed by atoms with Crippen LogP contribution in [0.15, 0.2) is 60.7 Å². The molecule has 0 amide bonds. The van der Waals surface area contributed by atoms with Gasteiger partial charge in [0, 0.05) is 23.1 Å². The van der Waals surface area contributed by atoms with Crippen molar-refractivity contribution in [2.24, 2.45) is 5.41 Å². The van der Waals surface area contributed by atoms with Crippen molar-refractivity contribution in [3.63, 3.8) is 0 Å². The number of carbonyl (C=O) groups is 2. The molecule has 33 nitrogen and oxygen atoms in total. The Bertz CT molecular complexity index is 2910. The largest absolute Gasteiger partial charge is 0.507 e. The minimum atomic E-state index is -1.03. The standard InChI is InChI=1S/C78H125N3O30/c1-7-78(5,8-2)73(85)63(3)110-67-13-15-69(71(83)61-67)75-79-74(65-9-11-66(87-6)12-10-65)80-76(81-75)70-16-14-68(62-72(70)84)111-64(4)77(86)109-60-59-108-58-57-107-56-55-106-54-53-105-52-51-104-50-49-103-48-47-102-46-45-101-44-43-100-42-41-99-40-39-98-38-37-97-36-35-96-34-33-95-32-31-94-30-29-93-28-27-92-26-25-91-24-23-90-22-21-89-20-19-88-18-17-82/h9-16,61-64,82-84H,7-8,17-60H2,1-6H3. The summed E-state index contributed by atoms with van der Waals surface area (Å²) in [6.07, 6.45) is -0.441. The Morgan fingerprint density at radius 2 is 0.568 bits per heavy atom. The van der Waals surface area contributed by atoms with E-state index in [0.29, 0.717) is 294 Å². The number of phenolic OH excluding ortho intramolecular Hbond substituents is 2. The average molecular weight is 1580 g/mol. The third-order valence-corrected chi connectivity index (χ3v) is 16.0. The SMILES string of the molecule is CCC(C)(CC)C(=O)C(C)Oc1ccc(-c2nc(-c3ccc(OC)cc3)nc(-c3ccc(OC(C)C(=O)OCCOCCOCCOCCOCCOCCOCCOCCOCCOCCOCCOCCOCCOCCOCCOCCOCCOCCOCCOCCOCCOCCO)cc3O)n2)c(O)c1. The average Bonchev–Trinajstić information content (AvgIpc) is 0.786. The summed E-state index contributed by atoms with van der Waals surface area (Å²) < 4.78 is 138. The molecule has 1 heterocycles. The third-order valence-electron chi connectivity index (χ3n) is 16.0. The minimum Gasteiger partial charge on any atom is -0.507 e. The fourth-order valence-corrected chi connectivity index (χ4v) is 9.52. The van der Waals surface area contributed by atoms with Crippen LogP contribution in [0.25, 0.3) is 34.2 Å². The summed E-state index contributed by atoms with van der Waals surface area (Å²) in [5.74, 6) is 0.425. The highest BCUT2D eigenvalue weighted by Gasteiger charge is 2.34. The van der Waals surface area contributed by atoms with Gasteiger partial charge in [0.15, 0.2) is 35.5 Å². The lowest BCUT2D eigenvalue weighted by molar-refractivity contribution is -0.152. The number of esters is 1. The summed E-state index contributed by atoms with van der Waals surface area (Å²) in [7, 11) is 1.56. The first-order chi connectivity index (χ1) is 54.4. The number of carbonyl (C=O) groups excluding carboxylic acids is 2. The maximum atomic E-state index is 13.2. The van der Waals surface area contributed by atoms with Crippen molar-refractivity contribution in [2.75, 3.05) is 298 Å². The van der Waals surface area contributed by atoms with Crippen LogP contribution in [0.2, 0.25) is 0 Å². The van der Waals surface area contributed by atoms with Crippen molar-refractivity contribution in [1.82, 2.24) is 15.0 Å². The topological polar surface area (TPSA) is 364 Å². The monoisotopic (exact) mass is 1580 g/mol. The summed E-state index contributed by atoms with van der Waals surface area (Å²) in [4.78, 5) is 40.1. The molecule has 0 spiro atoms. The zero-order valence-electron chi connectivity index (χ0n) is 66.2. The summed E-state index contributed by atoms with van der Waals surface area (Å²) in [5.41, 5.74) is 0.548. The molecule has 0 bridgehead atoms.